The Morgan fingerprint density at radius 3 is 2.42 bits per heavy atom. The van der Waals surface area contributed by atoms with Crippen molar-refractivity contribution in [1.82, 2.24) is 9.36 Å². The fraction of sp³-hybridized carbons (Fsp3) is 0.182. The lowest BCUT2D eigenvalue weighted by atomic mass is 10.1. The molecule has 188 valence electrons. The van der Waals surface area contributed by atoms with Gasteiger partial charge in [-0.3, -0.25) is 10.1 Å². The highest BCUT2D eigenvalue weighted by atomic mass is 32.2. The number of benzene rings is 2. The summed E-state index contributed by atoms with van der Waals surface area (Å²) in [6, 6.07) is 13.5. The van der Waals surface area contributed by atoms with E-state index in [4.69, 9.17) is 8.92 Å². The molecule has 11 nitrogen and oxygen atoms in total. The molecule has 0 unspecified atom stereocenters. The van der Waals surface area contributed by atoms with Crippen LogP contribution in [0.3, 0.4) is 0 Å². The number of hydrogen-bond donors (Lipinski definition) is 1. The first kappa shape index (κ1) is 26.8. The standard InChI is InChI=1S/C22H20N4O7S3/c1-14(2)35(28,29)22-25-21(34-26-22)24-20(27)16(13-23)11-15-9-10-18(19(12-15)32-3)33-36(30,31)17-7-5-4-6-8-17/h4-12,14H,1-3H3,(H,24,25,26,27). The Kier molecular flexibility index (Phi) is 8.08. The number of nitrogens with one attached hydrogen (secondary N) is 1. The second-order valence-electron chi connectivity index (χ2n) is 7.36. The minimum absolute atomic E-state index is 0.0412. The predicted octanol–water partition coefficient (Wildman–Crippen LogP) is 3.04. The molecule has 0 saturated carbocycles. The third-order valence-electron chi connectivity index (χ3n) is 4.60. The minimum Gasteiger partial charge on any atom is -0.493 e. The maximum absolute atomic E-state index is 12.6. The summed E-state index contributed by atoms with van der Waals surface area (Å²) < 4.78 is 63.5. The Morgan fingerprint density at radius 1 is 1.11 bits per heavy atom. The lowest BCUT2D eigenvalue weighted by molar-refractivity contribution is -0.112. The zero-order valence-corrected chi connectivity index (χ0v) is 21.6. The molecule has 0 fully saturated rings. The van der Waals surface area contributed by atoms with Crippen molar-refractivity contribution >= 4 is 48.6 Å². The third kappa shape index (κ3) is 6.06. The number of carbonyl (C=O) groups excluding carboxylic acids is 1. The van der Waals surface area contributed by atoms with E-state index in [-0.39, 0.29) is 27.1 Å². The van der Waals surface area contributed by atoms with Gasteiger partial charge in [0, 0.05) is 11.5 Å². The van der Waals surface area contributed by atoms with E-state index < -0.39 is 36.3 Å². The molecule has 14 heteroatoms. The van der Waals surface area contributed by atoms with Crippen molar-refractivity contribution in [3.05, 3.63) is 59.7 Å². The molecule has 3 rings (SSSR count). The minimum atomic E-state index is -4.11. The Hall–Kier alpha value is -3.80. The predicted molar refractivity (Wildman–Crippen MR) is 132 cm³/mol. The fourth-order valence-electron chi connectivity index (χ4n) is 2.66. The Bertz CT molecular complexity index is 1560. The van der Waals surface area contributed by atoms with Crippen LogP contribution in [0.5, 0.6) is 11.5 Å². The molecule has 0 bridgehead atoms. The summed E-state index contributed by atoms with van der Waals surface area (Å²) >= 11 is 0.665. The summed E-state index contributed by atoms with van der Waals surface area (Å²) in [7, 11) is -6.53. The Balaban J connectivity index is 1.82. The fourth-order valence-corrected chi connectivity index (χ4v) is 5.32. The highest BCUT2D eigenvalue weighted by molar-refractivity contribution is 7.91. The molecule has 0 aliphatic carbocycles. The highest BCUT2D eigenvalue weighted by Crippen LogP contribution is 2.31. The molecular formula is C22H20N4O7S3. The van der Waals surface area contributed by atoms with Crippen molar-refractivity contribution in [2.24, 2.45) is 0 Å². The number of nitrogens with zero attached hydrogens (tertiary/aromatic N) is 3. The summed E-state index contributed by atoms with van der Waals surface area (Å²) in [5.74, 6) is -0.879. The van der Waals surface area contributed by atoms with Crippen LogP contribution in [0.4, 0.5) is 5.13 Å². The van der Waals surface area contributed by atoms with Gasteiger partial charge in [0.1, 0.15) is 16.5 Å². The summed E-state index contributed by atoms with van der Waals surface area (Å²) in [6.07, 6.45) is 1.24. The number of hydrogen-bond acceptors (Lipinski definition) is 11. The summed E-state index contributed by atoms with van der Waals surface area (Å²) in [6.45, 7) is 2.96. The number of rotatable bonds is 9. The average Bonchev–Trinajstić information content (AvgIpc) is 3.32. The molecule has 0 aliphatic heterocycles. The number of aromatic nitrogens is 2. The Morgan fingerprint density at radius 2 is 1.81 bits per heavy atom. The number of amides is 1. The maximum Gasteiger partial charge on any atom is 0.339 e. The zero-order valence-electron chi connectivity index (χ0n) is 19.2. The van der Waals surface area contributed by atoms with Crippen LogP contribution >= 0.6 is 11.5 Å². The largest absolute Gasteiger partial charge is 0.493 e. The molecule has 0 aliphatic rings. The van der Waals surface area contributed by atoms with E-state index in [9.17, 15) is 26.9 Å². The number of carbonyl (C=O) groups is 1. The maximum atomic E-state index is 12.6. The van der Waals surface area contributed by atoms with Crippen LogP contribution in [-0.2, 0) is 24.7 Å². The van der Waals surface area contributed by atoms with Crippen LogP contribution in [0.25, 0.3) is 6.08 Å². The molecule has 3 aromatic rings. The van der Waals surface area contributed by atoms with Crippen molar-refractivity contribution in [1.29, 1.82) is 5.26 Å². The number of sulfone groups is 1. The lowest BCUT2D eigenvalue weighted by Crippen LogP contribution is -2.16. The van der Waals surface area contributed by atoms with E-state index in [1.54, 1.807) is 24.3 Å². The quantitative estimate of drug-likeness (QED) is 0.239. The van der Waals surface area contributed by atoms with Crippen molar-refractivity contribution in [2.45, 2.75) is 29.1 Å². The van der Waals surface area contributed by atoms with Crippen molar-refractivity contribution in [3.63, 3.8) is 0 Å². The van der Waals surface area contributed by atoms with Crippen LogP contribution in [0, 0.1) is 11.3 Å². The van der Waals surface area contributed by atoms with Gasteiger partial charge in [0.2, 0.25) is 15.0 Å². The van der Waals surface area contributed by atoms with Crippen LogP contribution in [0.1, 0.15) is 19.4 Å². The molecule has 1 aromatic heterocycles. The van der Waals surface area contributed by atoms with Crippen LogP contribution in [-0.4, -0.2) is 44.5 Å². The van der Waals surface area contributed by atoms with E-state index in [1.165, 1.54) is 57.4 Å². The first-order chi connectivity index (χ1) is 17.0. The van der Waals surface area contributed by atoms with Gasteiger partial charge in [-0.05, 0) is 49.8 Å². The van der Waals surface area contributed by atoms with Gasteiger partial charge in [0.15, 0.2) is 11.5 Å². The Labute approximate surface area is 212 Å². The van der Waals surface area contributed by atoms with Crippen molar-refractivity contribution in [3.8, 4) is 17.6 Å². The molecule has 1 heterocycles. The van der Waals surface area contributed by atoms with Gasteiger partial charge in [0.05, 0.1) is 12.4 Å². The molecule has 0 atom stereocenters. The number of nitriles is 1. The molecule has 0 radical (unpaired) electrons. The van der Waals surface area contributed by atoms with Gasteiger partial charge in [-0.2, -0.15) is 23.0 Å². The van der Waals surface area contributed by atoms with Gasteiger partial charge in [-0.25, -0.2) is 8.42 Å². The van der Waals surface area contributed by atoms with Crippen LogP contribution < -0.4 is 14.2 Å². The van der Waals surface area contributed by atoms with Gasteiger partial charge < -0.3 is 8.92 Å². The second kappa shape index (κ2) is 10.9. The molecule has 1 amide bonds. The molecule has 0 saturated heterocycles. The van der Waals surface area contributed by atoms with Crippen LogP contribution in [0.2, 0.25) is 0 Å². The van der Waals surface area contributed by atoms with Gasteiger partial charge in [-0.1, -0.05) is 24.3 Å². The monoisotopic (exact) mass is 548 g/mol. The van der Waals surface area contributed by atoms with E-state index in [0.717, 1.165) is 0 Å². The summed E-state index contributed by atoms with van der Waals surface area (Å²) in [4.78, 5) is 16.3. The zero-order chi connectivity index (χ0) is 26.5. The van der Waals surface area contributed by atoms with Gasteiger partial charge >= 0.3 is 10.1 Å². The lowest BCUT2D eigenvalue weighted by Gasteiger charge is -2.11. The smallest absolute Gasteiger partial charge is 0.339 e. The number of ether oxygens (including phenoxy) is 1. The second-order valence-corrected chi connectivity index (χ2v) is 12.1. The third-order valence-corrected chi connectivity index (χ3v) is 8.53. The van der Waals surface area contributed by atoms with Crippen LogP contribution in [0.15, 0.2) is 64.2 Å². The van der Waals surface area contributed by atoms with Crippen molar-refractivity contribution in [2.75, 3.05) is 12.4 Å². The topological polar surface area (TPSA) is 165 Å². The number of anilines is 1. The average molecular weight is 549 g/mol. The summed E-state index contributed by atoms with van der Waals surface area (Å²) in [5, 5.41) is 10.6. The van der Waals surface area contributed by atoms with E-state index in [2.05, 4.69) is 14.7 Å². The normalized spacial score (nSPS) is 12.1. The first-order valence-corrected chi connectivity index (χ1v) is 13.9. The number of methoxy groups -OCH3 is 1. The van der Waals surface area contributed by atoms with E-state index in [0.29, 0.717) is 17.1 Å². The molecule has 36 heavy (non-hydrogen) atoms. The molecule has 0 spiro atoms. The first-order valence-electron chi connectivity index (χ1n) is 10.2. The van der Waals surface area contributed by atoms with E-state index in [1.807, 2.05) is 0 Å². The molecule has 2 aromatic carbocycles. The SMILES string of the molecule is COc1cc(C=C(C#N)C(=O)Nc2nc(S(=O)(=O)C(C)C)ns2)ccc1OS(=O)(=O)c1ccccc1. The highest BCUT2D eigenvalue weighted by Gasteiger charge is 2.25. The van der Waals surface area contributed by atoms with E-state index >= 15 is 0 Å². The van der Waals surface area contributed by atoms with Gasteiger partial charge in [-0.15, -0.1) is 0 Å². The molecular weight excluding hydrogens is 528 g/mol. The molecule has 1 N–H and O–H groups in total. The summed E-state index contributed by atoms with van der Waals surface area (Å²) in [5.41, 5.74) is 0.00874. The van der Waals surface area contributed by atoms with Gasteiger partial charge in [0.25, 0.3) is 11.1 Å². The van der Waals surface area contributed by atoms with Crippen molar-refractivity contribution < 1.29 is 30.6 Å².